The van der Waals surface area contributed by atoms with Crippen LogP contribution in [0, 0.1) is 0 Å². The molecule has 27 heavy (non-hydrogen) atoms. The Hall–Kier alpha value is -2.58. The summed E-state index contributed by atoms with van der Waals surface area (Å²) in [4.78, 5) is 16.7. The smallest absolute Gasteiger partial charge is 0.254 e. The molecule has 1 aliphatic rings. The zero-order valence-electron chi connectivity index (χ0n) is 15.4. The van der Waals surface area contributed by atoms with Gasteiger partial charge >= 0.3 is 0 Å². The van der Waals surface area contributed by atoms with Crippen LogP contribution >= 0.6 is 0 Å². The van der Waals surface area contributed by atoms with Crippen molar-refractivity contribution in [2.45, 2.75) is 4.90 Å². The van der Waals surface area contributed by atoms with E-state index in [0.29, 0.717) is 31.7 Å². The molecule has 3 rings (SSSR count). The maximum atomic E-state index is 12.8. The number of aromatic hydroxyl groups is 1. The fourth-order valence-corrected chi connectivity index (χ4v) is 4.01. The summed E-state index contributed by atoms with van der Waals surface area (Å²) in [5, 5.41) is 9.98. The Kier molecular flexibility index (Phi) is 5.38. The molecule has 0 bridgehead atoms. The molecule has 1 amide bonds. The van der Waals surface area contributed by atoms with Gasteiger partial charge < -0.3 is 14.9 Å². The van der Waals surface area contributed by atoms with Crippen LogP contribution in [0.25, 0.3) is 0 Å². The van der Waals surface area contributed by atoms with Gasteiger partial charge in [-0.3, -0.25) is 4.79 Å². The number of carbonyl (C=O) groups excluding carboxylic acids is 1. The Labute approximate surface area is 159 Å². The number of sulfonamides is 1. The lowest BCUT2D eigenvalue weighted by atomic mass is 10.1. The lowest BCUT2D eigenvalue weighted by Gasteiger charge is -2.36. The molecule has 2 aromatic carbocycles. The summed E-state index contributed by atoms with van der Waals surface area (Å²) in [7, 11) is -0.666. The zero-order chi connectivity index (χ0) is 19.6. The average Bonchev–Trinajstić information content (AvgIpc) is 2.68. The molecule has 0 aromatic heterocycles. The number of phenols is 1. The van der Waals surface area contributed by atoms with Crippen LogP contribution in [0.4, 0.5) is 5.69 Å². The third kappa shape index (κ3) is 3.91. The van der Waals surface area contributed by atoms with Crippen LogP contribution < -0.4 is 4.90 Å². The first-order valence-electron chi connectivity index (χ1n) is 8.65. The fourth-order valence-electron chi connectivity index (χ4n) is 3.06. The van der Waals surface area contributed by atoms with Gasteiger partial charge in [0.2, 0.25) is 10.0 Å². The van der Waals surface area contributed by atoms with Crippen LogP contribution in [0.2, 0.25) is 0 Å². The Morgan fingerprint density at radius 3 is 2.30 bits per heavy atom. The number of para-hydroxylation sites is 2. The minimum Gasteiger partial charge on any atom is -0.506 e. The molecule has 1 aliphatic heterocycles. The van der Waals surface area contributed by atoms with Crippen molar-refractivity contribution in [3.05, 3.63) is 54.1 Å². The number of anilines is 1. The molecule has 1 heterocycles. The number of amides is 1. The van der Waals surface area contributed by atoms with Gasteiger partial charge in [-0.2, -0.15) is 0 Å². The third-order valence-electron chi connectivity index (χ3n) is 4.65. The maximum absolute atomic E-state index is 12.8. The molecule has 0 saturated carbocycles. The minimum atomic E-state index is -3.59. The summed E-state index contributed by atoms with van der Waals surface area (Å²) < 4.78 is 25.7. The van der Waals surface area contributed by atoms with Gasteiger partial charge in [0.05, 0.1) is 10.6 Å². The van der Waals surface area contributed by atoms with Crippen molar-refractivity contribution in [1.29, 1.82) is 0 Å². The van der Waals surface area contributed by atoms with Crippen molar-refractivity contribution in [3.8, 4) is 5.75 Å². The van der Waals surface area contributed by atoms with Crippen molar-refractivity contribution in [2.24, 2.45) is 0 Å². The van der Waals surface area contributed by atoms with Crippen LogP contribution in [-0.2, 0) is 10.0 Å². The Balaban J connectivity index is 1.72. The van der Waals surface area contributed by atoms with E-state index in [9.17, 15) is 18.3 Å². The second-order valence-corrected chi connectivity index (χ2v) is 8.74. The monoisotopic (exact) mass is 389 g/mol. The summed E-state index contributed by atoms with van der Waals surface area (Å²) in [6.45, 7) is 2.19. The van der Waals surface area contributed by atoms with E-state index in [1.54, 1.807) is 29.2 Å². The number of benzene rings is 2. The second-order valence-electron chi connectivity index (χ2n) is 6.58. The van der Waals surface area contributed by atoms with E-state index in [2.05, 4.69) is 0 Å². The summed E-state index contributed by atoms with van der Waals surface area (Å²) >= 11 is 0. The first-order chi connectivity index (χ1) is 12.8. The van der Waals surface area contributed by atoms with E-state index in [0.717, 1.165) is 9.99 Å². The standard InChI is InChI=1S/C19H23N3O4S/c1-20(2)27(25,26)16-7-5-6-15(14-16)19(24)22-12-10-21(11-13-22)17-8-3-4-9-18(17)23/h3-9,14,23H,10-13H2,1-2H3. The maximum Gasteiger partial charge on any atom is 0.254 e. The molecule has 144 valence electrons. The molecule has 0 unspecified atom stereocenters. The first-order valence-corrected chi connectivity index (χ1v) is 10.1. The molecule has 8 heteroatoms. The Morgan fingerprint density at radius 1 is 1.00 bits per heavy atom. The quantitative estimate of drug-likeness (QED) is 0.859. The van der Waals surface area contributed by atoms with E-state index in [4.69, 9.17) is 0 Å². The molecule has 0 aliphatic carbocycles. The number of hydrogen-bond acceptors (Lipinski definition) is 5. The molecule has 7 nitrogen and oxygen atoms in total. The van der Waals surface area contributed by atoms with E-state index < -0.39 is 10.0 Å². The Bertz CT molecular complexity index is 935. The molecule has 1 fully saturated rings. The number of hydrogen-bond donors (Lipinski definition) is 1. The molecule has 2 aromatic rings. The van der Waals surface area contributed by atoms with Crippen LogP contribution in [0.1, 0.15) is 10.4 Å². The lowest BCUT2D eigenvalue weighted by molar-refractivity contribution is 0.0746. The van der Waals surface area contributed by atoms with Gasteiger partial charge in [0, 0.05) is 45.8 Å². The van der Waals surface area contributed by atoms with Gasteiger partial charge in [-0.15, -0.1) is 0 Å². The second kappa shape index (κ2) is 7.58. The number of nitrogens with zero attached hydrogens (tertiary/aromatic N) is 3. The van der Waals surface area contributed by atoms with Gasteiger partial charge in [0.25, 0.3) is 5.91 Å². The van der Waals surface area contributed by atoms with Crippen LogP contribution in [0.3, 0.4) is 0 Å². The molecular weight excluding hydrogens is 366 g/mol. The molecule has 1 saturated heterocycles. The van der Waals surface area contributed by atoms with Crippen LogP contribution in [-0.4, -0.2) is 68.9 Å². The molecule has 1 N–H and O–H groups in total. The molecule has 0 atom stereocenters. The minimum absolute atomic E-state index is 0.103. The highest BCUT2D eigenvalue weighted by Crippen LogP contribution is 2.27. The molecular formula is C19H23N3O4S. The normalized spacial score (nSPS) is 15.2. The summed E-state index contributed by atoms with van der Waals surface area (Å²) in [6, 6.07) is 13.3. The third-order valence-corrected chi connectivity index (χ3v) is 6.46. The molecule has 0 spiro atoms. The van der Waals surface area contributed by atoms with E-state index in [-0.39, 0.29) is 16.6 Å². The van der Waals surface area contributed by atoms with Gasteiger partial charge in [-0.25, -0.2) is 12.7 Å². The van der Waals surface area contributed by atoms with Gasteiger partial charge in [-0.05, 0) is 30.3 Å². The predicted molar refractivity (Wildman–Crippen MR) is 104 cm³/mol. The van der Waals surface area contributed by atoms with Gasteiger partial charge in [0.15, 0.2) is 0 Å². The molecule has 0 radical (unpaired) electrons. The highest BCUT2D eigenvalue weighted by molar-refractivity contribution is 7.89. The van der Waals surface area contributed by atoms with Crippen molar-refractivity contribution in [3.63, 3.8) is 0 Å². The summed E-state index contributed by atoms with van der Waals surface area (Å²) in [5.74, 6) is 0.0293. The van der Waals surface area contributed by atoms with Crippen molar-refractivity contribution in [2.75, 3.05) is 45.2 Å². The van der Waals surface area contributed by atoms with Crippen LogP contribution in [0.5, 0.6) is 5.75 Å². The zero-order valence-corrected chi connectivity index (χ0v) is 16.2. The largest absolute Gasteiger partial charge is 0.506 e. The van der Waals surface area contributed by atoms with Gasteiger partial charge in [0.1, 0.15) is 5.75 Å². The lowest BCUT2D eigenvalue weighted by Crippen LogP contribution is -2.48. The number of rotatable bonds is 4. The summed E-state index contributed by atoms with van der Waals surface area (Å²) in [5.41, 5.74) is 1.11. The highest BCUT2D eigenvalue weighted by Gasteiger charge is 2.25. The van der Waals surface area contributed by atoms with Crippen molar-refractivity contribution < 1.29 is 18.3 Å². The average molecular weight is 389 g/mol. The fraction of sp³-hybridized carbons (Fsp3) is 0.316. The van der Waals surface area contributed by atoms with Crippen molar-refractivity contribution in [1.82, 2.24) is 9.21 Å². The number of phenolic OH excluding ortho intramolecular Hbond substituents is 1. The Morgan fingerprint density at radius 2 is 1.67 bits per heavy atom. The van der Waals surface area contributed by atoms with E-state index >= 15 is 0 Å². The van der Waals surface area contributed by atoms with Gasteiger partial charge in [-0.1, -0.05) is 18.2 Å². The highest BCUT2D eigenvalue weighted by atomic mass is 32.2. The first kappa shape index (κ1) is 19.2. The number of piperazine rings is 1. The summed E-state index contributed by atoms with van der Waals surface area (Å²) in [6.07, 6.45) is 0. The predicted octanol–water partition coefficient (Wildman–Crippen LogP) is 1.60. The van der Waals surface area contributed by atoms with Crippen molar-refractivity contribution >= 4 is 21.6 Å². The van der Waals surface area contributed by atoms with E-state index in [1.807, 2.05) is 17.0 Å². The number of carbonyl (C=O) groups is 1. The van der Waals surface area contributed by atoms with Crippen LogP contribution in [0.15, 0.2) is 53.4 Å². The van der Waals surface area contributed by atoms with E-state index in [1.165, 1.54) is 26.2 Å². The topological polar surface area (TPSA) is 81.2 Å². The SMILES string of the molecule is CN(C)S(=O)(=O)c1cccc(C(=O)N2CCN(c3ccccc3O)CC2)c1.